The number of hydrogen-bond acceptors (Lipinski definition) is 2. The van der Waals surface area contributed by atoms with Gasteiger partial charge in [0, 0.05) is 0 Å². The Bertz CT molecular complexity index is 198. The largest absolute Gasteiger partial charge is 0.477 e. The van der Waals surface area contributed by atoms with Crippen molar-refractivity contribution in [3.63, 3.8) is 0 Å². The first-order valence-corrected chi connectivity index (χ1v) is 4.65. The molecular weight excluding hydrogens is 194 g/mol. The molecule has 2 N–H and O–H groups in total. The number of alkyl halides is 2. The van der Waals surface area contributed by atoms with E-state index in [0.29, 0.717) is 12.8 Å². The van der Waals surface area contributed by atoms with Crippen LogP contribution in [0.2, 0.25) is 0 Å². The number of aliphatic carboxylic acids is 1. The summed E-state index contributed by atoms with van der Waals surface area (Å²) >= 11 is 0. The molecule has 0 aromatic rings. The highest BCUT2D eigenvalue weighted by atomic mass is 19.3. The predicted octanol–water partition coefficient (Wildman–Crippen LogP) is 2.04. The third-order valence-electron chi connectivity index (χ3n) is 2.18. The van der Waals surface area contributed by atoms with Gasteiger partial charge in [0.1, 0.15) is 5.60 Å². The highest BCUT2D eigenvalue weighted by Gasteiger charge is 2.57. The van der Waals surface area contributed by atoms with Crippen molar-refractivity contribution in [3.05, 3.63) is 0 Å². The normalized spacial score (nSPS) is 12.9. The molecule has 5 heteroatoms. The van der Waals surface area contributed by atoms with Crippen LogP contribution in [-0.2, 0) is 4.79 Å². The zero-order valence-corrected chi connectivity index (χ0v) is 8.39. The van der Waals surface area contributed by atoms with E-state index in [1.165, 1.54) is 0 Å². The smallest absolute Gasteiger partial charge is 0.377 e. The molecule has 0 aliphatic rings. The molecule has 0 unspecified atom stereocenters. The van der Waals surface area contributed by atoms with Crippen molar-refractivity contribution in [2.45, 2.75) is 51.1 Å². The monoisotopic (exact) mass is 210 g/mol. The number of rotatable bonds is 6. The summed E-state index contributed by atoms with van der Waals surface area (Å²) in [5.41, 5.74) is -2.41. The van der Waals surface area contributed by atoms with E-state index >= 15 is 0 Å². The SMILES string of the molecule is CCCC(O)(CCC)C(F)(F)C(=O)O. The highest BCUT2D eigenvalue weighted by molar-refractivity contribution is 5.77. The van der Waals surface area contributed by atoms with Crippen molar-refractivity contribution >= 4 is 5.97 Å². The van der Waals surface area contributed by atoms with Gasteiger partial charge in [-0.3, -0.25) is 0 Å². The lowest BCUT2D eigenvalue weighted by atomic mass is 9.86. The third kappa shape index (κ3) is 2.41. The molecule has 0 bridgehead atoms. The minimum Gasteiger partial charge on any atom is -0.477 e. The van der Waals surface area contributed by atoms with Gasteiger partial charge in [0.15, 0.2) is 0 Å². The Morgan fingerprint density at radius 1 is 1.21 bits per heavy atom. The van der Waals surface area contributed by atoms with Gasteiger partial charge in [-0.1, -0.05) is 26.7 Å². The summed E-state index contributed by atoms with van der Waals surface area (Å²) in [6, 6.07) is 0. The fourth-order valence-electron chi connectivity index (χ4n) is 1.47. The van der Waals surface area contributed by atoms with E-state index in [1.54, 1.807) is 13.8 Å². The molecule has 0 radical (unpaired) electrons. The lowest BCUT2D eigenvalue weighted by molar-refractivity contribution is -0.212. The standard InChI is InChI=1S/C9H16F2O3/c1-3-5-8(14,6-4-2)9(10,11)7(12)13/h14H,3-6H2,1-2H3,(H,12,13). The number of halogens is 2. The number of hydrogen-bond donors (Lipinski definition) is 2. The van der Waals surface area contributed by atoms with E-state index in [2.05, 4.69) is 0 Å². The Kier molecular flexibility index (Phi) is 4.45. The second-order valence-electron chi connectivity index (χ2n) is 3.41. The molecule has 14 heavy (non-hydrogen) atoms. The van der Waals surface area contributed by atoms with Gasteiger partial charge in [-0.2, -0.15) is 8.78 Å². The van der Waals surface area contributed by atoms with Gasteiger partial charge in [-0.05, 0) is 12.8 Å². The predicted molar refractivity (Wildman–Crippen MR) is 47.3 cm³/mol. The van der Waals surface area contributed by atoms with Gasteiger partial charge in [-0.25, -0.2) is 4.79 Å². The first-order valence-electron chi connectivity index (χ1n) is 4.65. The molecule has 0 fully saturated rings. The van der Waals surface area contributed by atoms with Crippen LogP contribution in [-0.4, -0.2) is 27.7 Å². The lowest BCUT2D eigenvalue weighted by Gasteiger charge is -2.32. The van der Waals surface area contributed by atoms with Crippen LogP contribution in [0.15, 0.2) is 0 Å². The van der Waals surface area contributed by atoms with Crippen LogP contribution in [0.25, 0.3) is 0 Å². The van der Waals surface area contributed by atoms with E-state index in [4.69, 9.17) is 5.11 Å². The van der Waals surface area contributed by atoms with E-state index < -0.39 is 17.5 Å². The van der Waals surface area contributed by atoms with E-state index in [-0.39, 0.29) is 12.8 Å². The van der Waals surface area contributed by atoms with Gasteiger partial charge in [0.2, 0.25) is 0 Å². The maximum atomic E-state index is 13.1. The van der Waals surface area contributed by atoms with Gasteiger partial charge in [0.05, 0.1) is 0 Å². The zero-order valence-electron chi connectivity index (χ0n) is 8.39. The van der Waals surface area contributed by atoms with Crippen LogP contribution in [0.5, 0.6) is 0 Å². The average molecular weight is 210 g/mol. The molecule has 0 aliphatic heterocycles. The molecule has 0 saturated carbocycles. The molecule has 0 aromatic heterocycles. The Morgan fingerprint density at radius 3 is 1.79 bits per heavy atom. The molecule has 0 spiro atoms. The van der Waals surface area contributed by atoms with Crippen molar-refractivity contribution in [2.75, 3.05) is 0 Å². The molecule has 0 heterocycles. The van der Waals surface area contributed by atoms with Crippen molar-refractivity contribution in [2.24, 2.45) is 0 Å². The third-order valence-corrected chi connectivity index (χ3v) is 2.18. The summed E-state index contributed by atoms with van der Waals surface area (Å²) in [5.74, 6) is -6.33. The number of carbonyl (C=O) groups is 1. The van der Waals surface area contributed by atoms with Gasteiger partial charge in [-0.15, -0.1) is 0 Å². The fourth-order valence-corrected chi connectivity index (χ4v) is 1.47. The molecule has 3 nitrogen and oxygen atoms in total. The minimum absolute atomic E-state index is 0.208. The van der Waals surface area contributed by atoms with Crippen LogP contribution in [0.4, 0.5) is 8.78 Å². The first kappa shape index (κ1) is 13.3. The molecule has 0 rings (SSSR count). The second kappa shape index (κ2) is 4.68. The topological polar surface area (TPSA) is 57.5 Å². The molecule has 0 aromatic carbocycles. The van der Waals surface area contributed by atoms with Gasteiger partial charge in [0.25, 0.3) is 0 Å². The summed E-state index contributed by atoms with van der Waals surface area (Å²) in [6.07, 6.45) is 0.221. The number of aliphatic hydroxyl groups is 1. The van der Waals surface area contributed by atoms with Crippen molar-refractivity contribution in [1.82, 2.24) is 0 Å². The maximum absolute atomic E-state index is 13.1. The summed E-state index contributed by atoms with van der Waals surface area (Å²) in [6.45, 7) is 3.25. The van der Waals surface area contributed by atoms with Gasteiger partial charge < -0.3 is 10.2 Å². The Hall–Kier alpha value is -0.710. The van der Waals surface area contributed by atoms with Crippen LogP contribution in [0, 0.1) is 0 Å². The Balaban J connectivity index is 4.87. The van der Waals surface area contributed by atoms with Crippen LogP contribution >= 0.6 is 0 Å². The van der Waals surface area contributed by atoms with Crippen LogP contribution < -0.4 is 0 Å². The molecule has 0 saturated heterocycles. The van der Waals surface area contributed by atoms with Crippen LogP contribution in [0.1, 0.15) is 39.5 Å². The summed E-state index contributed by atoms with van der Waals surface area (Å²) in [4.78, 5) is 10.3. The molecule has 0 aliphatic carbocycles. The lowest BCUT2D eigenvalue weighted by Crippen LogP contribution is -2.53. The molecule has 84 valence electrons. The molecule has 0 atom stereocenters. The summed E-state index contributed by atoms with van der Waals surface area (Å²) < 4.78 is 26.2. The Labute approximate surface area is 81.7 Å². The van der Waals surface area contributed by atoms with Gasteiger partial charge >= 0.3 is 11.9 Å². The Morgan fingerprint density at radius 2 is 1.57 bits per heavy atom. The maximum Gasteiger partial charge on any atom is 0.377 e. The molecular formula is C9H16F2O3. The van der Waals surface area contributed by atoms with Crippen molar-refractivity contribution in [1.29, 1.82) is 0 Å². The highest BCUT2D eigenvalue weighted by Crippen LogP contribution is 2.36. The van der Waals surface area contributed by atoms with E-state index in [1.807, 2.05) is 0 Å². The number of carboxylic acid groups (broad SMARTS) is 1. The fraction of sp³-hybridized carbons (Fsp3) is 0.889. The van der Waals surface area contributed by atoms with Crippen LogP contribution in [0.3, 0.4) is 0 Å². The van der Waals surface area contributed by atoms with Crippen molar-refractivity contribution < 1.29 is 23.8 Å². The zero-order chi connectivity index (χ0) is 11.4. The van der Waals surface area contributed by atoms with Crippen molar-refractivity contribution in [3.8, 4) is 0 Å². The second-order valence-corrected chi connectivity index (χ2v) is 3.41. The summed E-state index contributed by atoms with van der Waals surface area (Å²) in [5, 5.41) is 17.9. The quantitative estimate of drug-likeness (QED) is 0.705. The average Bonchev–Trinajstić information content (AvgIpc) is 2.04. The summed E-state index contributed by atoms with van der Waals surface area (Å²) in [7, 11) is 0. The minimum atomic E-state index is -4.07. The molecule has 0 amide bonds. The van der Waals surface area contributed by atoms with E-state index in [9.17, 15) is 18.7 Å². The van der Waals surface area contributed by atoms with E-state index in [0.717, 1.165) is 0 Å². The number of carboxylic acids is 1. The first-order chi connectivity index (χ1) is 6.31.